The first-order chi connectivity index (χ1) is 7.09. The van der Waals surface area contributed by atoms with Crippen molar-refractivity contribution in [3.8, 4) is 0 Å². The smallest absolute Gasteiger partial charge is 0.261 e. The van der Waals surface area contributed by atoms with Crippen LogP contribution in [0.2, 0.25) is 0 Å². The molecule has 0 fully saturated rings. The van der Waals surface area contributed by atoms with Crippen LogP contribution in [0.15, 0.2) is 29.3 Å². The number of rotatable bonds is 1. The lowest BCUT2D eigenvalue weighted by Gasteiger charge is -2.09. The molecule has 0 aliphatic carbocycles. The largest absolute Gasteiger partial charge is 0.399 e. The number of anilines is 1. The fourth-order valence-electron chi connectivity index (χ4n) is 1.52. The summed E-state index contributed by atoms with van der Waals surface area (Å²) in [4.78, 5) is 16.2. The number of benzene rings is 1. The molecule has 1 aromatic heterocycles. The number of nitrogen functional groups attached to an aromatic ring is 1. The van der Waals surface area contributed by atoms with Crippen molar-refractivity contribution in [2.75, 3.05) is 5.73 Å². The molecule has 78 valence electrons. The van der Waals surface area contributed by atoms with E-state index in [1.165, 1.54) is 0 Å². The Morgan fingerprint density at radius 1 is 1.40 bits per heavy atom. The number of nitrogens with zero attached hydrogens (tertiary/aromatic N) is 2. The van der Waals surface area contributed by atoms with Gasteiger partial charge < -0.3 is 5.73 Å². The van der Waals surface area contributed by atoms with Crippen molar-refractivity contribution in [3.05, 3.63) is 34.9 Å². The number of hydrogen-bond donors (Lipinski definition) is 1. The quantitative estimate of drug-likeness (QED) is 0.715. The van der Waals surface area contributed by atoms with E-state index in [2.05, 4.69) is 4.98 Å². The van der Waals surface area contributed by atoms with Gasteiger partial charge in [-0.3, -0.25) is 9.36 Å². The molecule has 0 bridgehead atoms. The lowest BCUT2D eigenvalue weighted by Crippen LogP contribution is -2.22. The van der Waals surface area contributed by atoms with E-state index < -0.39 is 0 Å². The zero-order valence-electron chi connectivity index (χ0n) is 8.77. The predicted octanol–water partition coefficient (Wildman–Crippen LogP) is 1.56. The van der Waals surface area contributed by atoms with Gasteiger partial charge in [-0.2, -0.15) is 0 Å². The van der Waals surface area contributed by atoms with Crippen LogP contribution in [0.4, 0.5) is 5.69 Å². The van der Waals surface area contributed by atoms with Crippen LogP contribution in [-0.2, 0) is 0 Å². The second-order valence-corrected chi connectivity index (χ2v) is 3.83. The van der Waals surface area contributed by atoms with Gasteiger partial charge in [0.25, 0.3) is 5.56 Å². The molecule has 0 aliphatic heterocycles. The molecule has 1 aromatic carbocycles. The molecule has 0 spiro atoms. The maximum atomic E-state index is 12.0. The van der Waals surface area contributed by atoms with E-state index in [0.717, 1.165) is 0 Å². The van der Waals surface area contributed by atoms with E-state index in [4.69, 9.17) is 5.73 Å². The third-order valence-electron chi connectivity index (χ3n) is 2.36. The maximum Gasteiger partial charge on any atom is 0.261 e. The molecule has 4 nitrogen and oxygen atoms in total. The minimum absolute atomic E-state index is 0.0395. The average molecular weight is 203 g/mol. The fourth-order valence-corrected chi connectivity index (χ4v) is 1.52. The molecule has 1 heterocycles. The summed E-state index contributed by atoms with van der Waals surface area (Å²) in [7, 11) is 0. The molecule has 0 saturated heterocycles. The summed E-state index contributed by atoms with van der Waals surface area (Å²) in [5.74, 6) is 0. The van der Waals surface area contributed by atoms with E-state index >= 15 is 0 Å². The van der Waals surface area contributed by atoms with Crippen LogP contribution in [0.25, 0.3) is 10.9 Å². The van der Waals surface area contributed by atoms with Crippen LogP contribution < -0.4 is 11.3 Å². The second kappa shape index (κ2) is 3.38. The van der Waals surface area contributed by atoms with Gasteiger partial charge >= 0.3 is 0 Å². The van der Waals surface area contributed by atoms with Crippen LogP contribution in [0.5, 0.6) is 0 Å². The lowest BCUT2D eigenvalue weighted by molar-refractivity contribution is 0.573. The van der Waals surface area contributed by atoms with Crippen LogP contribution >= 0.6 is 0 Å². The summed E-state index contributed by atoms with van der Waals surface area (Å²) >= 11 is 0. The van der Waals surface area contributed by atoms with Crippen molar-refractivity contribution in [2.24, 2.45) is 0 Å². The fraction of sp³-hybridized carbons (Fsp3) is 0.273. The van der Waals surface area contributed by atoms with E-state index in [0.29, 0.717) is 16.6 Å². The van der Waals surface area contributed by atoms with Gasteiger partial charge in [-0.1, -0.05) is 0 Å². The van der Waals surface area contributed by atoms with Gasteiger partial charge in [-0.05, 0) is 32.0 Å². The Balaban J connectivity index is 2.83. The Hall–Kier alpha value is -1.84. The summed E-state index contributed by atoms with van der Waals surface area (Å²) < 4.78 is 1.60. The van der Waals surface area contributed by atoms with E-state index in [9.17, 15) is 4.79 Å². The topological polar surface area (TPSA) is 60.9 Å². The predicted molar refractivity (Wildman–Crippen MR) is 60.8 cm³/mol. The summed E-state index contributed by atoms with van der Waals surface area (Å²) in [6.45, 7) is 3.89. The molecular formula is C11H13N3O. The van der Waals surface area contributed by atoms with Crippen molar-refractivity contribution >= 4 is 16.6 Å². The van der Waals surface area contributed by atoms with Crippen LogP contribution in [0.3, 0.4) is 0 Å². The van der Waals surface area contributed by atoms with Gasteiger partial charge in [0.1, 0.15) is 0 Å². The molecule has 0 saturated carbocycles. The van der Waals surface area contributed by atoms with Crippen molar-refractivity contribution < 1.29 is 0 Å². The summed E-state index contributed by atoms with van der Waals surface area (Å²) in [5.41, 5.74) is 6.88. The highest BCUT2D eigenvalue weighted by molar-refractivity contribution is 5.80. The Kier molecular flexibility index (Phi) is 2.19. The highest BCUT2D eigenvalue weighted by atomic mass is 16.1. The zero-order valence-corrected chi connectivity index (χ0v) is 8.77. The van der Waals surface area contributed by atoms with E-state index in [1.807, 2.05) is 13.8 Å². The average Bonchev–Trinajstić information content (AvgIpc) is 2.19. The number of fused-ring (bicyclic) bond motifs is 1. The number of nitrogens with two attached hydrogens (primary N) is 1. The Labute approximate surface area is 87.4 Å². The van der Waals surface area contributed by atoms with Crippen molar-refractivity contribution in [2.45, 2.75) is 19.9 Å². The molecule has 0 atom stereocenters. The standard InChI is InChI=1S/C11H13N3O/c1-7(2)14-6-13-10-4-3-8(12)5-9(10)11(14)15/h3-7H,12H2,1-2H3. The number of aromatic nitrogens is 2. The highest BCUT2D eigenvalue weighted by Crippen LogP contribution is 2.12. The molecule has 0 unspecified atom stereocenters. The molecule has 2 rings (SSSR count). The molecular weight excluding hydrogens is 190 g/mol. The highest BCUT2D eigenvalue weighted by Gasteiger charge is 2.06. The molecule has 4 heteroatoms. The molecule has 0 radical (unpaired) electrons. The zero-order chi connectivity index (χ0) is 11.0. The maximum absolute atomic E-state index is 12.0. The van der Waals surface area contributed by atoms with Crippen LogP contribution in [0.1, 0.15) is 19.9 Å². The van der Waals surface area contributed by atoms with Gasteiger partial charge in [-0.25, -0.2) is 4.98 Å². The summed E-state index contributed by atoms with van der Waals surface area (Å²) in [6, 6.07) is 5.28. The van der Waals surface area contributed by atoms with Crippen LogP contribution in [0, 0.1) is 0 Å². The summed E-state index contributed by atoms with van der Waals surface area (Å²) in [6.07, 6.45) is 1.57. The summed E-state index contributed by atoms with van der Waals surface area (Å²) in [5, 5.41) is 0.575. The van der Waals surface area contributed by atoms with Gasteiger partial charge in [-0.15, -0.1) is 0 Å². The molecule has 2 N–H and O–H groups in total. The van der Waals surface area contributed by atoms with Crippen molar-refractivity contribution in [1.82, 2.24) is 9.55 Å². The Morgan fingerprint density at radius 3 is 2.80 bits per heavy atom. The Morgan fingerprint density at radius 2 is 2.13 bits per heavy atom. The van der Waals surface area contributed by atoms with Gasteiger partial charge in [0, 0.05) is 11.7 Å². The third kappa shape index (κ3) is 1.58. The molecule has 0 aliphatic rings. The van der Waals surface area contributed by atoms with Crippen molar-refractivity contribution in [1.29, 1.82) is 0 Å². The third-order valence-corrected chi connectivity index (χ3v) is 2.36. The molecule has 2 aromatic rings. The number of hydrogen-bond acceptors (Lipinski definition) is 3. The minimum Gasteiger partial charge on any atom is -0.399 e. The Bertz CT molecular complexity index is 557. The van der Waals surface area contributed by atoms with Gasteiger partial charge in [0.2, 0.25) is 0 Å². The van der Waals surface area contributed by atoms with Gasteiger partial charge in [0.15, 0.2) is 0 Å². The normalized spacial score (nSPS) is 11.1. The van der Waals surface area contributed by atoms with Crippen molar-refractivity contribution in [3.63, 3.8) is 0 Å². The van der Waals surface area contributed by atoms with E-state index in [1.54, 1.807) is 29.1 Å². The minimum atomic E-state index is -0.0395. The second-order valence-electron chi connectivity index (χ2n) is 3.83. The molecule has 15 heavy (non-hydrogen) atoms. The van der Waals surface area contributed by atoms with Crippen LogP contribution in [-0.4, -0.2) is 9.55 Å². The SMILES string of the molecule is CC(C)n1cnc2ccc(N)cc2c1=O. The first-order valence-electron chi connectivity index (χ1n) is 4.86. The lowest BCUT2D eigenvalue weighted by atomic mass is 10.2. The first kappa shape index (κ1) is 9.71. The molecule has 0 amide bonds. The van der Waals surface area contributed by atoms with Gasteiger partial charge in [0.05, 0.1) is 17.2 Å². The monoisotopic (exact) mass is 203 g/mol. The van der Waals surface area contributed by atoms with E-state index in [-0.39, 0.29) is 11.6 Å². The first-order valence-corrected chi connectivity index (χ1v) is 4.86.